The quantitative estimate of drug-likeness (QED) is 0.404. The second kappa shape index (κ2) is 8.57. The van der Waals surface area contributed by atoms with E-state index >= 15 is 0 Å². The third kappa shape index (κ3) is 4.29. The number of pyridine rings is 1. The first-order valence-corrected chi connectivity index (χ1v) is 11.1. The van der Waals surface area contributed by atoms with Gasteiger partial charge >= 0.3 is 6.18 Å². The van der Waals surface area contributed by atoms with Gasteiger partial charge in [-0.05, 0) is 44.6 Å². The van der Waals surface area contributed by atoms with Gasteiger partial charge in [-0.25, -0.2) is 13.8 Å². The maximum absolute atomic E-state index is 14.9. The van der Waals surface area contributed by atoms with Crippen molar-refractivity contribution in [2.75, 3.05) is 11.4 Å². The fraction of sp³-hybridized carbons (Fsp3) is 0.500. The number of halogens is 5. The molecule has 9 heteroatoms. The average Bonchev–Trinajstić information content (AvgIpc) is 3.07. The Hall–Kier alpha value is -2.71. The van der Waals surface area contributed by atoms with Gasteiger partial charge in [0.25, 0.3) is 0 Å². The average molecular weight is 466 g/mol. The molecular formula is C24H27F5N4. The number of hydrogen-bond donors (Lipinski definition) is 0. The van der Waals surface area contributed by atoms with Crippen molar-refractivity contribution in [3.8, 4) is 11.3 Å². The molecule has 0 aliphatic carbocycles. The van der Waals surface area contributed by atoms with Crippen molar-refractivity contribution in [1.29, 1.82) is 0 Å². The van der Waals surface area contributed by atoms with E-state index in [1.54, 1.807) is 7.05 Å². The number of nitrogens with zero attached hydrogens (tertiary/aromatic N) is 4. The molecule has 0 amide bonds. The van der Waals surface area contributed by atoms with E-state index in [-0.39, 0.29) is 5.69 Å². The molecule has 1 aliphatic heterocycles. The van der Waals surface area contributed by atoms with Crippen molar-refractivity contribution < 1.29 is 22.0 Å². The Morgan fingerprint density at radius 3 is 2.52 bits per heavy atom. The maximum atomic E-state index is 14.9. The van der Waals surface area contributed by atoms with Crippen LogP contribution in [-0.2, 0) is 13.2 Å². The standard InChI is InChI=1S/C24H27F5N4/c1-13(2)9-15-7-5-6-8-33(15)20-11-19-17(12-30-20)23(31-32(19)4)16-10-18(24(27,28)29)22(26)14(3)21(16)25/h10-13,15H,5-9H2,1-4H3. The topological polar surface area (TPSA) is 34.0 Å². The van der Waals surface area contributed by atoms with Gasteiger partial charge < -0.3 is 4.90 Å². The second-order valence-corrected chi connectivity index (χ2v) is 9.23. The molecule has 4 rings (SSSR count). The van der Waals surface area contributed by atoms with E-state index in [1.165, 1.54) is 10.9 Å². The molecule has 0 spiro atoms. The van der Waals surface area contributed by atoms with Crippen molar-refractivity contribution in [2.45, 2.75) is 58.7 Å². The Morgan fingerprint density at radius 2 is 1.85 bits per heavy atom. The lowest BCUT2D eigenvalue weighted by atomic mass is 9.94. The number of anilines is 1. The van der Waals surface area contributed by atoms with Gasteiger partial charge in [0.2, 0.25) is 0 Å². The molecule has 4 nitrogen and oxygen atoms in total. The van der Waals surface area contributed by atoms with Crippen LogP contribution in [0.1, 0.15) is 50.7 Å². The summed E-state index contributed by atoms with van der Waals surface area (Å²) in [5.41, 5.74) is -1.96. The van der Waals surface area contributed by atoms with Crippen LogP contribution in [0.15, 0.2) is 18.3 Å². The Morgan fingerprint density at radius 1 is 1.12 bits per heavy atom. The number of aryl methyl sites for hydroxylation is 1. The molecule has 2 aromatic heterocycles. The molecule has 1 fully saturated rings. The van der Waals surface area contributed by atoms with Crippen LogP contribution in [0.4, 0.5) is 27.8 Å². The van der Waals surface area contributed by atoms with Gasteiger partial charge in [-0.1, -0.05) is 13.8 Å². The third-order valence-corrected chi connectivity index (χ3v) is 6.37. The van der Waals surface area contributed by atoms with Crippen LogP contribution in [0.5, 0.6) is 0 Å². The number of piperidine rings is 1. The summed E-state index contributed by atoms with van der Waals surface area (Å²) in [6.45, 7) is 6.24. The van der Waals surface area contributed by atoms with Gasteiger partial charge in [-0.2, -0.15) is 18.3 Å². The number of fused-ring (bicyclic) bond motifs is 1. The Balaban J connectivity index is 1.82. The highest BCUT2D eigenvalue weighted by Gasteiger charge is 2.37. The largest absolute Gasteiger partial charge is 0.419 e. The maximum Gasteiger partial charge on any atom is 0.419 e. The molecule has 0 N–H and O–H groups in total. The first-order chi connectivity index (χ1) is 15.5. The second-order valence-electron chi connectivity index (χ2n) is 9.23. The van der Waals surface area contributed by atoms with E-state index in [0.29, 0.717) is 28.9 Å². The molecule has 178 valence electrons. The molecule has 1 saturated heterocycles. The zero-order valence-corrected chi connectivity index (χ0v) is 19.1. The molecule has 3 heterocycles. The molecule has 0 bridgehead atoms. The van der Waals surface area contributed by atoms with E-state index in [9.17, 15) is 22.0 Å². The monoisotopic (exact) mass is 466 g/mol. The lowest BCUT2D eigenvalue weighted by Crippen LogP contribution is -2.40. The van der Waals surface area contributed by atoms with Crippen LogP contribution in [0.3, 0.4) is 0 Å². The van der Waals surface area contributed by atoms with E-state index in [1.807, 2.05) is 6.07 Å². The molecule has 0 saturated carbocycles. The summed E-state index contributed by atoms with van der Waals surface area (Å²) in [7, 11) is 1.65. The van der Waals surface area contributed by atoms with Crippen LogP contribution in [0.25, 0.3) is 22.2 Å². The number of aromatic nitrogens is 3. The summed E-state index contributed by atoms with van der Waals surface area (Å²) in [6.07, 6.45) is 0.917. The molecule has 3 aromatic rings. The molecule has 0 radical (unpaired) electrons. The van der Waals surface area contributed by atoms with Crippen molar-refractivity contribution in [1.82, 2.24) is 14.8 Å². The smallest absolute Gasteiger partial charge is 0.354 e. The third-order valence-electron chi connectivity index (χ3n) is 6.37. The van der Waals surface area contributed by atoms with Crippen LogP contribution < -0.4 is 4.90 Å². The first kappa shape index (κ1) is 23.4. The number of alkyl halides is 3. The minimum absolute atomic E-state index is 0.00928. The minimum Gasteiger partial charge on any atom is -0.354 e. The van der Waals surface area contributed by atoms with Gasteiger partial charge in [0.15, 0.2) is 0 Å². The summed E-state index contributed by atoms with van der Waals surface area (Å²) in [6, 6.07) is 2.71. The summed E-state index contributed by atoms with van der Waals surface area (Å²) in [5, 5.41) is 4.71. The number of rotatable bonds is 4. The fourth-order valence-electron chi connectivity index (χ4n) is 4.74. The highest BCUT2D eigenvalue weighted by Crippen LogP contribution is 2.39. The fourth-order valence-corrected chi connectivity index (χ4v) is 4.74. The minimum atomic E-state index is -4.95. The van der Waals surface area contributed by atoms with Crippen molar-refractivity contribution >= 4 is 16.7 Å². The SMILES string of the molecule is Cc1c(F)c(-c2nn(C)c3cc(N4CCCCC4CC(C)C)ncc23)cc(C(F)(F)F)c1F. The van der Waals surface area contributed by atoms with Gasteiger partial charge in [0, 0.05) is 48.4 Å². The zero-order chi connectivity index (χ0) is 24.1. The summed E-state index contributed by atoms with van der Waals surface area (Å²) < 4.78 is 70.6. The van der Waals surface area contributed by atoms with Gasteiger partial charge in [0.1, 0.15) is 23.1 Å². The van der Waals surface area contributed by atoms with Gasteiger partial charge in [-0.3, -0.25) is 4.68 Å². The van der Waals surface area contributed by atoms with E-state index < -0.39 is 34.5 Å². The Bertz CT molecular complexity index is 1180. The molecule has 1 aliphatic rings. The number of hydrogen-bond acceptors (Lipinski definition) is 3. The van der Waals surface area contributed by atoms with Crippen LogP contribution in [0.2, 0.25) is 0 Å². The Kier molecular flexibility index (Phi) is 6.09. The van der Waals surface area contributed by atoms with Crippen LogP contribution in [-0.4, -0.2) is 27.4 Å². The lowest BCUT2D eigenvalue weighted by molar-refractivity contribution is -0.140. The molecule has 33 heavy (non-hydrogen) atoms. The van der Waals surface area contributed by atoms with Crippen molar-refractivity contribution in [3.05, 3.63) is 41.1 Å². The Labute approximate surface area is 189 Å². The van der Waals surface area contributed by atoms with Crippen molar-refractivity contribution in [3.63, 3.8) is 0 Å². The molecule has 1 aromatic carbocycles. The van der Waals surface area contributed by atoms with E-state index in [2.05, 4.69) is 28.8 Å². The van der Waals surface area contributed by atoms with Crippen LogP contribution in [0, 0.1) is 24.5 Å². The normalized spacial score (nSPS) is 17.4. The van der Waals surface area contributed by atoms with E-state index in [4.69, 9.17) is 0 Å². The summed E-state index contributed by atoms with van der Waals surface area (Å²) >= 11 is 0. The van der Waals surface area contributed by atoms with Gasteiger partial charge in [-0.15, -0.1) is 0 Å². The highest BCUT2D eigenvalue weighted by atomic mass is 19.4. The molecular weight excluding hydrogens is 439 g/mol. The van der Waals surface area contributed by atoms with E-state index in [0.717, 1.165) is 45.0 Å². The molecule has 1 atom stereocenters. The molecule has 1 unspecified atom stereocenters. The highest BCUT2D eigenvalue weighted by molar-refractivity contribution is 5.94. The van der Waals surface area contributed by atoms with Crippen molar-refractivity contribution in [2.24, 2.45) is 13.0 Å². The number of benzene rings is 1. The first-order valence-electron chi connectivity index (χ1n) is 11.1. The van der Waals surface area contributed by atoms with Crippen LogP contribution >= 0.6 is 0 Å². The predicted molar refractivity (Wildman–Crippen MR) is 118 cm³/mol. The lowest BCUT2D eigenvalue weighted by Gasteiger charge is -2.37. The predicted octanol–water partition coefficient (Wildman–Crippen LogP) is 6.65. The summed E-state index contributed by atoms with van der Waals surface area (Å²) in [4.78, 5) is 6.86. The van der Waals surface area contributed by atoms with Gasteiger partial charge in [0.05, 0.1) is 11.1 Å². The summed E-state index contributed by atoms with van der Waals surface area (Å²) in [5.74, 6) is -1.35. The zero-order valence-electron chi connectivity index (χ0n) is 19.1.